The van der Waals surface area contributed by atoms with Gasteiger partial charge in [0.15, 0.2) is 5.65 Å². The van der Waals surface area contributed by atoms with Gasteiger partial charge in [0.05, 0.1) is 18.3 Å². The van der Waals surface area contributed by atoms with E-state index in [-0.39, 0.29) is 0 Å². The molecule has 17 heavy (non-hydrogen) atoms. The number of nitrogens with zero attached hydrogens (tertiary/aromatic N) is 3. The highest BCUT2D eigenvalue weighted by Crippen LogP contribution is 2.28. The van der Waals surface area contributed by atoms with Crippen LogP contribution < -0.4 is 0 Å². The molecule has 2 aromatic heterocycles. The highest BCUT2D eigenvalue weighted by molar-refractivity contribution is 5.78. The zero-order chi connectivity index (χ0) is 11.8. The van der Waals surface area contributed by atoms with Crippen LogP contribution in [-0.2, 0) is 4.74 Å². The molecule has 0 radical (unpaired) electrons. The number of hydrogen-bond donors (Lipinski definition) is 0. The van der Waals surface area contributed by atoms with Crippen LogP contribution in [0.25, 0.3) is 11.0 Å². The first-order valence-electron chi connectivity index (χ1n) is 6.18. The molecule has 2 aromatic rings. The fourth-order valence-corrected chi connectivity index (χ4v) is 2.39. The van der Waals surface area contributed by atoms with Crippen LogP contribution in [0.1, 0.15) is 37.9 Å². The van der Waals surface area contributed by atoms with E-state index in [2.05, 4.69) is 29.6 Å². The van der Waals surface area contributed by atoms with Crippen molar-refractivity contribution in [1.29, 1.82) is 0 Å². The van der Waals surface area contributed by atoms with Crippen LogP contribution >= 0.6 is 0 Å². The number of aromatic nitrogens is 3. The summed E-state index contributed by atoms with van der Waals surface area (Å²) in [5, 5.41) is 5.92. The first-order chi connectivity index (χ1) is 8.27. The SMILES string of the molecule is CC(C)c1nn([C@@H]2CCOC2)c2ncccc12. The Labute approximate surface area is 101 Å². The highest BCUT2D eigenvalue weighted by Gasteiger charge is 2.23. The number of pyridine rings is 1. The lowest BCUT2D eigenvalue weighted by atomic mass is 10.1. The van der Waals surface area contributed by atoms with Gasteiger partial charge in [-0.15, -0.1) is 0 Å². The van der Waals surface area contributed by atoms with Crippen LogP contribution in [0.2, 0.25) is 0 Å². The summed E-state index contributed by atoms with van der Waals surface area (Å²) < 4.78 is 7.49. The smallest absolute Gasteiger partial charge is 0.158 e. The maximum atomic E-state index is 5.44. The van der Waals surface area contributed by atoms with Gasteiger partial charge in [-0.3, -0.25) is 0 Å². The van der Waals surface area contributed by atoms with E-state index < -0.39 is 0 Å². The minimum Gasteiger partial charge on any atom is -0.379 e. The predicted octanol–water partition coefficient (Wildman–Crippen LogP) is 2.52. The van der Waals surface area contributed by atoms with Gasteiger partial charge in [0.1, 0.15) is 0 Å². The van der Waals surface area contributed by atoms with Crippen molar-refractivity contribution in [3.8, 4) is 0 Å². The van der Waals surface area contributed by atoms with Crippen molar-refractivity contribution in [3.05, 3.63) is 24.0 Å². The lowest BCUT2D eigenvalue weighted by Crippen LogP contribution is -2.11. The summed E-state index contributed by atoms with van der Waals surface area (Å²) in [5.74, 6) is 0.422. The molecule has 1 aliphatic rings. The van der Waals surface area contributed by atoms with Crippen molar-refractivity contribution in [2.45, 2.75) is 32.2 Å². The van der Waals surface area contributed by atoms with E-state index in [1.54, 1.807) is 0 Å². The molecule has 1 saturated heterocycles. The van der Waals surface area contributed by atoms with Crippen molar-refractivity contribution >= 4 is 11.0 Å². The molecule has 4 nitrogen and oxygen atoms in total. The van der Waals surface area contributed by atoms with Crippen LogP contribution in [0.5, 0.6) is 0 Å². The van der Waals surface area contributed by atoms with E-state index in [1.807, 2.05) is 12.3 Å². The van der Waals surface area contributed by atoms with Crippen molar-refractivity contribution in [1.82, 2.24) is 14.8 Å². The summed E-state index contributed by atoms with van der Waals surface area (Å²) in [4.78, 5) is 4.47. The molecule has 0 aliphatic carbocycles. The van der Waals surface area contributed by atoms with Gasteiger partial charge in [-0.1, -0.05) is 13.8 Å². The van der Waals surface area contributed by atoms with Gasteiger partial charge in [0.2, 0.25) is 0 Å². The van der Waals surface area contributed by atoms with E-state index in [0.29, 0.717) is 12.0 Å². The fourth-order valence-electron chi connectivity index (χ4n) is 2.39. The lowest BCUT2D eigenvalue weighted by molar-refractivity contribution is 0.185. The molecule has 0 spiro atoms. The molecule has 4 heteroatoms. The monoisotopic (exact) mass is 231 g/mol. The Morgan fingerprint density at radius 2 is 2.35 bits per heavy atom. The molecule has 0 N–H and O–H groups in total. The quantitative estimate of drug-likeness (QED) is 0.797. The maximum absolute atomic E-state index is 5.44. The molecule has 0 aromatic carbocycles. The van der Waals surface area contributed by atoms with Crippen molar-refractivity contribution in [2.24, 2.45) is 0 Å². The largest absolute Gasteiger partial charge is 0.379 e. The van der Waals surface area contributed by atoms with Crippen LogP contribution in [0.15, 0.2) is 18.3 Å². The molecule has 90 valence electrons. The lowest BCUT2D eigenvalue weighted by Gasteiger charge is -2.08. The predicted molar refractivity (Wildman–Crippen MR) is 66.1 cm³/mol. The van der Waals surface area contributed by atoms with Crippen molar-refractivity contribution < 1.29 is 4.74 Å². The average molecular weight is 231 g/mol. The Kier molecular flexibility index (Phi) is 2.59. The Hall–Kier alpha value is -1.42. The molecule has 0 unspecified atom stereocenters. The van der Waals surface area contributed by atoms with E-state index in [4.69, 9.17) is 9.84 Å². The number of ether oxygens (including phenoxy) is 1. The molecule has 0 saturated carbocycles. The average Bonchev–Trinajstić information content (AvgIpc) is 2.95. The standard InChI is InChI=1S/C13H17N3O/c1-9(2)12-11-4-3-6-14-13(11)16(15-12)10-5-7-17-8-10/h3-4,6,9-10H,5,7-8H2,1-2H3/t10-/m1/s1. The Morgan fingerprint density at radius 1 is 1.47 bits per heavy atom. The summed E-state index contributed by atoms with van der Waals surface area (Å²) in [7, 11) is 0. The van der Waals surface area contributed by atoms with E-state index in [1.165, 1.54) is 5.39 Å². The Bertz CT molecular complexity index is 526. The minimum atomic E-state index is 0.347. The van der Waals surface area contributed by atoms with E-state index >= 15 is 0 Å². The van der Waals surface area contributed by atoms with E-state index in [9.17, 15) is 0 Å². The van der Waals surface area contributed by atoms with Crippen molar-refractivity contribution in [2.75, 3.05) is 13.2 Å². The third kappa shape index (κ3) is 1.72. The minimum absolute atomic E-state index is 0.347. The van der Waals surface area contributed by atoms with E-state index in [0.717, 1.165) is 31.0 Å². The first-order valence-corrected chi connectivity index (χ1v) is 6.18. The van der Waals surface area contributed by atoms with Crippen LogP contribution in [0.3, 0.4) is 0 Å². The van der Waals surface area contributed by atoms with Gasteiger partial charge in [-0.25, -0.2) is 9.67 Å². The molecule has 0 bridgehead atoms. The zero-order valence-corrected chi connectivity index (χ0v) is 10.3. The molecule has 1 fully saturated rings. The van der Waals surface area contributed by atoms with Crippen LogP contribution in [0.4, 0.5) is 0 Å². The summed E-state index contributed by atoms with van der Waals surface area (Å²) in [6, 6.07) is 4.43. The number of fused-ring (bicyclic) bond motifs is 1. The fraction of sp³-hybridized carbons (Fsp3) is 0.538. The van der Waals surface area contributed by atoms with Gasteiger partial charge < -0.3 is 4.74 Å². The molecule has 1 aliphatic heterocycles. The van der Waals surface area contributed by atoms with Crippen LogP contribution in [0, 0.1) is 0 Å². The second kappa shape index (κ2) is 4.11. The van der Waals surface area contributed by atoms with Crippen LogP contribution in [-0.4, -0.2) is 28.0 Å². The van der Waals surface area contributed by atoms with Crippen molar-refractivity contribution in [3.63, 3.8) is 0 Å². The zero-order valence-electron chi connectivity index (χ0n) is 10.3. The Balaban J connectivity index is 2.17. The maximum Gasteiger partial charge on any atom is 0.158 e. The topological polar surface area (TPSA) is 39.9 Å². The molecule has 3 heterocycles. The summed E-state index contributed by atoms with van der Waals surface area (Å²) in [5.41, 5.74) is 2.13. The van der Waals surface area contributed by atoms with Gasteiger partial charge in [-0.2, -0.15) is 5.10 Å². The molecule has 3 rings (SSSR count). The molecular weight excluding hydrogens is 214 g/mol. The second-order valence-electron chi connectivity index (χ2n) is 4.88. The number of rotatable bonds is 2. The van der Waals surface area contributed by atoms with Gasteiger partial charge in [-0.05, 0) is 24.5 Å². The highest BCUT2D eigenvalue weighted by atomic mass is 16.5. The molecular formula is C13H17N3O. The normalized spacial score (nSPS) is 20.5. The third-order valence-electron chi connectivity index (χ3n) is 3.29. The third-order valence-corrected chi connectivity index (χ3v) is 3.29. The second-order valence-corrected chi connectivity index (χ2v) is 4.88. The van der Waals surface area contributed by atoms with Gasteiger partial charge in [0, 0.05) is 18.2 Å². The Morgan fingerprint density at radius 3 is 3.06 bits per heavy atom. The van der Waals surface area contributed by atoms with Gasteiger partial charge in [0.25, 0.3) is 0 Å². The first kappa shape index (κ1) is 10.7. The molecule has 1 atom stereocenters. The summed E-state index contributed by atoms with van der Waals surface area (Å²) >= 11 is 0. The molecule has 0 amide bonds. The number of hydrogen-bond acceptors (Lipinski definition) is 3. The summed E-state index contributed by atoms with van der Waals surface area (Å²) in [6.45, 7) is 5.93. The van der Waals surface area contributed by atoms with Gasteiger partial charge >= 0.3 is 0 Å². The summed E-state index contributed by atoms with van der Waals surface area (Å²) in [6.07, 6.45) is 2.87.